The molecule has 10 heteroatoms. The summed E-state index contributed by atoms with van der Waals surface area (Å²) < 4.78 is 34.5. The maximum absolute atomic E-state index is 14.5. The standard InChI is InChI=1S/C35H38ClN3O5S/c1-4-26(2)37-35(41)33(23-27-13-7-5-8-14-27)38(24-28-15-11-12-18-32(28)36)34(40)25-39(29-16-9-6-10-17-29)45(42,43)31-21-19-30(44-3)20-22-31/h5-22,26,33H,4,23-25H2,1-3H3,(H,37,41). The number of para-hydroxylation sites is 1. The van der Waals surface area contributed by atoms with Crippen LogP contribution in [0.25, 0.3) is 0 Å². The molecular weight excluding hydrogens is 610 g/mol. The summed E-state index contributed by atoms with van der Waals surface area (Å²) in [7, 11) is -2.72. The summed E-state index contributed by atoms with van der Waals surface area (Å²) in [6.07, 6.45) is 0.917. The molecule has 0 aromatic heterocycles. The van der Waals surface area contributed by atoms with Crippen molar-refractivity contribution in [2.45, 2.75) is 50.2 Å². The van der Waals surface area contributed by atoms with Crippen LogP contribution in [-0.2, 0) is 32.6 Å². The minimum atomic E-state index is -4.21. The van der Waals surface area contributed by atoms with Gasteiger partial charge in [-0.25, -0.2) is 8.42 Å². The summed E-state index contributed by atoms with van der Waals surface area (Å²) in [5.41, 5.74) is 1.79. The van der Waals surface area contributed by atoms with Crippen molar-refractivity contribution in [3.05, 3.63) is 125 Å². The molecule has 4 rings (SSSR count). The van der Waals surface area contributed by atoms with Crippen LogP contribution in [0.5, 0.6) is 5.75 Å². The van der Waals surface area contributed by atoms with Crippen molar-refractivity contribution in [2.24, 2.45) is 0 Å². The van der Waals surface area contributed by atoms with Gasteiger partial charge >= 0.3 is 0 Å². The van der Waals surface area contributed by atoms with Gasteiger partial charge in [0.1, 0.15) is 18.3 Å². The van der Waals surface area contributed by atoms with E-state index in [2.05, 4.69) is 5.32 Å². The second-order valence-electron chi connectivity index (χ2n) is 10.7. The zero-order chi connectivity index (χ0) is 32.4. The number of hydrogen-bond acceptors (Lipinski definition) is 5. The molecule has 0 fully saturated rings. The van der Waals surface area contributed by atoms with Crippen molar-refractivity contribution in [1.82, 2.24) is 10.2 Å². The van der Waals surface area contributed by atoms with Crippen LogP contribution in [0.1, 0.15) is 31.4 Å². The smallest absolute Gasteiger partial charge is 0.264 e. The Labute approximate surface area is 270 Å². The van der Waals surface area contributed by atoms with Gasteiger partial charge in [-0.1, -0.05) is 85.3 Å². The molecule has 4 aromatic carbocycles. The maximum atomic E-state index is 14.5. The number of ether oxygens (including phenoxy) is 1. The molecule has 0 aliphatic carbocycles. The summed E-state index contributed by atoms with van der Waals surface area (Å²) in [6.45, 7) is 3.31. The first-order valence-electron chi connectivity index (χ1n) is 14.7. The molecule has 8 nitrogen and oxygen atoms in total. The van der Waals surface area contributed by atoms with E-state index < -0.39 is 28.5 Å². The van der Waals surface area contributed by atoms with E-state index in [-0.39, 0.29) is 29.8 Å². The van der Waals surface area contributed by atoms with E-state index >= 15 is 0 Å². The molecule has 1 N–H and O–H groups in total. The number of carbonyl (C=O) groups excluding carboxylic acids is 2. The zero-order valence-corrected chi connectivity index (χ0v) is 27.2. The number of carbonyl (C=O) groups is 2. The fourth-order valence-electron chi connectivity index (χ4n) is 4.80. The molecule has 45 heavy (non-hydrogen) atoms. The molecule has 0 spiro atoms. The normalized spacial score (nSPS) is 12.5. The number of nitrogens with zero attached hydrogens (tertiary/aromatic N) is 2. The summed E-state index contributed by atoms with van der Waals surface area (Å²) in [5, 5.41) is 3.46. The van der Waals surface area contributed by atoms with Crippen LogP contribution < -0.4 is 14.4 Å². The molecule has 4 aromatic rings. The Bertz CT molecular complexity index is 1670. The highest BCUT2D eigenvalue weighted by Crippen LogP contribution is 2.27. The fraction of sp³-hybridized carbons (Fsp3) is 0.257. The van der Waals surface area contributed by atoms with Crippen molar-refractivity contribution < 1.29 is 22.7 Å². The zero-order valence-electron chi connectivity index (χ0n) is 25.6. The van der Waals surface area contributed by atoms with E-state index in [1.807, 2.05) is 44.2 Å². The van der Waals surface area contributed by atoms with E-state index in [4.69, 9.17) is 16.3 Å². The van der Waals surface area contributed by atoms with Crippen molar-refractivity contribution in [3.8, 4) is 5.75 Å². The lowest BCUT2D eigenvalue weighted by atomic mass is 10.0. The molecule has 2 unspecified atom stereocenters. The predicted molar refractivity (Wildman–Crippen MR) is 178 cm³/mol. The van der Waals surface area contributed by atoms with Gasteiger partial charge < -0.3 is 15.0 Å². The first-order chi connectivity index (χ1) is 21.6. The fourth-order valence-corrected chi connectivity index (χ4v) is 6.41. The van der Waals surface area contributed by atoms with Crippen molar-refractivity contribution in [2.75, 3.05) is 18.0 Å². The number of amides is 2. The highest BCUT2D eigenvalue weighted by molar-refractivity contribution is 7.92. The van der Waals surface area contributed by atoms with Crippen molar-refractivity contribution >= 4 is 39.1 Å². The lowest BCUT2D eigenvalue weighted by Crippen LogP contribution is -2.54. The Morgan fingerprint density at radius 3 is 2.07 bits per heavy atom. The molecule has 0 saturated heterocycles. The van der Waals surface area contributed by atoms with Gasteiger partial charge in [-0.3, -0.25) is 13.9 Å². The van der Waals surface area contributed by atoms with Crippen LogP contribution in [0, 0.1) is 0 Å². The van der Waals surface area contributed by atoms with E-state index in [0.29, 0.717) is 28.4 Å². The second kappa shape index (κ2) is 15.6. The van der Waals surface area contributed by atoms with Gasteiger partial charge in [0.2, 0.25) is 11.8 Å². The lowest BCUT2D eigenvalue weighted by Gasteiger charge is -2.34. The first-order valence-corrected chi connectivity index (χ1v) is 16.5. The molecule has 0 aliphatic heterocycles. The molecule has 236 valence electrons. The van der Waals surface area contributed by atoms with Crippen molar-refractivity contribution in [3.63, 3.8) is 0 Å². The molecule has 0 saturated carbocycles. The summed E-state index contributed by atoms with van der Waals surface area (Å²) in [4.78, 5) is 29.8. The van der Waals surface area contributed by atoms with Crippen LogP contribution in [0.15, 0.2) is 114 Å². The SMILES string of the molecule is CCC(C)NC(=O)C(Cc1ccccc1)N(Cc1ccccc1Cl)C(=O)CN(c1ccccc1)S(=O)(=O)c1ccc(OC)cc1. The van der Waals surface area contributed by atoms with Crippen LogP contribution in [0.2, 0.25) is 5.02 Å². The van der Waals surface area contributed by atoms with E-state index in [1.54, 1.807) is 66.7 Å². The number of sulfonamides is 1. The van der Waals surface area contributed by atoms with Gasteiger partial charge in [-0.15, -0.1) is 0 Å². The van der Waals surface area contributed by atoms with Gasteiger partial charge in [0.05, 0.1) is 17.7 Å². The third kappa shape index (κ3) is 8.65. The number of nitrogens with one attached hydrogen (secondary N) is 1. The van der Waals surface area contributed by atoms with Crippen molar-refractivity contribution in [1.29, 1.82) is 0 Å². The van der Waals surface area contributed by atoms with Gasteiger partial charge in [-0.05, 0) is 66.9 Å². The van der Waals surface area contributed by atoms with Crippen LogP contribution in [0.4, 0.5) is 5.69 Å². The average molecular weight is 648 g/mol. The van der Waals surface area contributed by atoms with E-state index in [1.165, 1.54) is 24.1 Å². The maximum Gasteiger partial charge on any atom is 0.264 e. The molecular formula is C35H38ClN3O5S. The predicted octanol–water partition coefficient (Wildman–Crippen LogP) is 6.10. The largest absolute Gasteiger partial charge is 0.497 e. The Kier molecular flexibility index (Phi) is 11.6. The number of benzene rings is 4. The number of anilines is 1. The highest BCUT2D eigenvalue weighted by atomic mass is 35.5. The van der Waals surface area contributed by atoms with Crippen LogP contribution in [0.3, 0.4) is 0 Å². The molecule has 0 heterocycles. The van der Waals surface area contributed by atoms with Gasteiger partial charge in [0.25, 0.3) is 10.0 Å². The number of methoxy groups -OCH3 is 1. The van der Waals surface area contributed by atoms with E-state index in [0.717, 1.165) is 9.87 Å². The quantitative estimate of drug-likeness (QED) is 0.179. The summed E-state index contributed by atoms with van der Waals surface area (Å²) in [5.74, 6) is -0.396. The summed E-state index contributed by atoms with van der Waals surface area (Å²) >= 11 is 6.55. The van der Waals surface area contributed by atoms with Gasteiger partial charge in [0, 0.05) is 24.0 Å². The number of rotatable bonds is 14. The monoisotopic (exact) mass is 647 g/mol. The number of hydrogen-bond donors (Lipinski definition) is 1. The second-order valence-corrected chi connectivity index (χ2v) is 12.9. The Morgan fingerprint density at radius 2 is 1.47 bits per heavy atom. The third-order valence-corrected chi connectivity index (χ3v) is 9.70. The minimum Gasteiger partial charge on any atom is -0.497 e. The lowest BCUT2D eigenvalue weighted by molar-refractivity contribution is -0.140. The molecule has 0 aliphatic rings. The average Bonchev–Trinajstić information content (AvgIpc) is 3.06. The summed E-state index contributed by atoms with van der Waals surface area (Å²) in [6, 6.07) is 29.8. The molecule has 2 amide bonds. The Balaban J connectivity index is 1.79. The van der Waals surface area contributed by atoms with Gasteiger partial charge in [0.15, 0.2) is 0 Å². The first kappa shape index (κ1) is 33.6. The Hall–Kier alpha value is -4.34. The minimum absolute atomic E-state index is 0.00482. The van der Waals surface area contributed by atoms with Crippen LogP contribution >= 0.6 is 11.6 Å². The third-order valence-electron chi connectivity index (χ3n) is 7.54. The molecule has 2 atom stereocenters. The molecule has 0 radical (unpaired) electrons. The van der Waals surface area contributed by atoms with E-state index in [9.17, 15) is 18.0 Å². The van der Waals surface area contributed by atoms with Gasteiger partial charge in [-0.2, -0.15) is 0 Å². The number of halogens is 1. The topological polar surface area (TPSA) is 96.0 Å². The molecule has 0 bridgehead atoms. The Morgan fingerprint density at radius 1 is 0.867 bits per heavy atom. The van der Waals surface area contributed by atoms with Crippen LogP contribution in [-0.4, -0.2) is 50.9 Å². The highest BCUT2D eigenvalue weighted by Gasteiger charge is 2.35.